The molecule has 0 bridgehead atoms. The summed E-state index contributed by atoms with van der Waals surface area (Å²) in [6.07, 6.45) is 1.76. The molecule has 0 radical (unpaired) electrons. The Bertz CT molecular complexity index is 540. The van der Waals surface area contributed by atoms with Crippen LogP contribution in [0.3, 0.4) is 0 Å². The molecule has 0 saturated heterocycles. The largest absolute Gasteiger partial charge is 0.439 e. The summed E-state index contributed by atoms with van der Waals surface area (Å²) in [5, 5.41) is 3.20. The maximum absolute atomic E-state index is 5.74. The molecule has 0 unspecified atom stereocenters. The highest BCUT2D eigenvalue weighted by Gasteiger charge is 2.09. The van der Waals surface area contributed by atoms with Gasteiger partial charge in [-0.1, -0.05) is 27.6 Å². The third-order valence-electron chi connectivity index (χ3n) is 2.70. The highest BCUT2D eigenvalue weighted by Crippen LogP contribution is 2.29. The van der Waals surface area contributed by atoms with Crippen molar-refractivity contribution < 1.29 is 9.15 Å². The Labute approximate surface area is 121 Å². The number of rotatable bonds is 6. The number of hydrogen-bond donors (Lipinski definition) is 1. The molecule has 2 aromatic rings. The third kappa shape index (κ3) is 3.89. The molecule has 0 fully saturated rings. The van der Waals surface area contributed by atoms with Crippen molar-refractivity contribution in [3.63, 3.8) is 0 Å². The van der Waals surface area contributed by atoms with Crippen molar-refractivity contribution in [2.24, 2.45) is 0 Å². The monoisotopic (exact) mass is 324 g/mol. The first-order chi connectivity index (χ1) is 9.20. The summed E-state index contributed by atoms with van der Waals surface area (Å²) in [5.74, 6) is 1.46. The number of oxazole rings is 1. The first kappa shape index (κ1) is 14.2. The highest BCUT2D eigenvalue weighted by atomic mass is 79.9. The zero-order valence-electron chi connectivity index (χ0n) is 11.1. The fourth-order valence-corrected chi connectivity index (χ4v) is 2.16. The molecule has 5 heteroatoms. The van der Waals surface area contributed by atoms with Crippen LogP contribution in [-0.2, 0) is 11.3 Å². The predicted molar refractivity (Wildman–Crippen MR) is 78.0 cm³/mol. The first-order valence-corrected chi connectivity index (χ1v) is 6.91. The number of benzene rings is 1. The van der Waals surface area contributed by atoms with Crippen molar-refractivity contribution in [3.8, 4) is 11.3 Å². The van der Waals surface area contributed by atoms with E-state index in [4.69, 9.17) is 9.15 Å². The molecule has 0 spiro atoms. The van der Waals surface area contributed by atoms with Crippen molar-refractivity contribution >= 4 is 15.9 Å². The minimum absolute atomic E-state index is 0.604. The average molecular weight is 325 g/mol. The zero-order valence-corrected chi connectivity index (χ0v) is 12.7. The Morgan fingerprint density at radius 1 is 1.42 bits per heavy atom. The Morgan fingerprint density at radius 2 is 2.26 bits per heavy atom. The van der Waals surface area contributed by atoms with Crippen molar-refractivity contribution in [1.82, 2.24) is 10.3 Å². The molecule has 1 aromatic heterocycles. The lowest BCUT2D eigenvalue weighted by atomic mass is 10.1. The number of hydrogen-bond acceptors (Lipinski definition) is 4. The summed E-state index contributed by atoms with van der Waals surface area (Å²) in [5.41, 5.74) is 2.21. The second kappa shape index (κ2) is 6.84. The molecule has 0 amide bonds. The molecule has 1 aromatic carbocycles. The van der Waals surface area contributed by atoms with Crippen LogP contribution in [0.25, 0.3) is 11.3 Å². The molecule has 0 aliphatic carbocycles. The van der Waals surface area contributed by atoms with Crippen molar-refractivity contribution in [3.05, 3.63) is 40.3 Å². The van der Waals surface area contributed by atoms with E-state index in [-0.39, 0.29) is 0 Å². The summed E-state index contributed by atoms with van der Waals surface area (Å²) in [4.78, 5) is 4.27. The van der Waals surface area contributed by atoms with Gasteiger partial charge in [-0.15, -0.1) is 0 Å². The van der Waals surface area contributed by atoms with Crippen LogP contribution >= 0.6 is 15.9 Å². The molecule has 1 heterocycles. The van der Waals surface area contributed by atoms with Gasteiger partial charge in [-0.05, 0) is 19.1 Å². The number of halogens is 1. The van der Waals surface area contributed by atoms with E-state index < -0.39 is 0 Å². The van der Waals surface area contributed by atoms with Gasteiger partial charge in [-0.2, -0.15) is 0 Å². The van der Waals surface area contributed by atoms with Gasteiger partial charge in [-0.25, -0.2) is 4.98 Å². The fourth-order valence-electron chi connectivity index (χ4n) is 1.71. The minimum Gasteiger partial charge on any atom is -0.439 e. The molecule has 0 aliphatic rings. The zero-order chi connectivity index (χ0) is 13.7. The number of methoxy groups -OCH3 is 1. The van der Waals surface area contributed by atoms with Crippen LogP contribution in [0.2, 0.25) is 0 Å². The van der Waals surface area contributed by atoms with E-state index in [1.54, 1.807) is 13.3 Å². The van der Waals surface area contributed by atoms with Crippen LogP contribution in [0.15, 0.2) is 33.3 Å². The molecule has 4 nitrogen and oxygen atoms in total. The van der Waals surface area contributed by atoms with Crippen LogP contribution in [0, 0.1) is 6.92 Å². The molecule has 0 aliphatic heterocycles. The van der Waals surface area contributed by atoms with Gasteiger partial charge in [0.15, 0.2) is 5.76 Å². The minimum atomic E-state index is 0.604. The Kier molecular flexibility index (Phi) is 5.13. The normalized spacial score (nSPS) is 10.9. The maximum atomic E-state index is 5.74. The SMILES string of the molecule is COCCNCc1ncc(-c2cc(C)ccc2Br)o1. The number of nitrogens with one attached hydrogen (secondary N) is 1. The summed E-state index contributed by atoms with van der Waals surface area (Å²) in [7, 11) is 1.68. The van der Waals surface area contributed by atoms with Gasteiger partial charge in [0.05, 0.1) is 19.3 Å². The van der Waals surface area contributed by atoms with Crippen LogP contribution < -0.4 is 5.32 Å². The van der Waals surface area contributed by atoms with Crippen molar-refractivity contribution in [2.75, 3.05) is 20.3 Å². The summed E-state index contributed by atoms with van der Waals surface area (Å²) in [6.45, 7) is 4.12. The van der Waals surface area contributed by atoms with E-state index in [0.717, 1.165) is 22.3 Å². The van der Waals surface area contributed by atoms with Crippen LogP contribution in [0.5, 0.6) is 0 Å². The van der Waals surface area contributed by atoms with Gasteiger partial charge in [0.1, 0.15) is 0 Å². The van der Waals surface area contributed by atoms with E-state index in [1.807, 2.05) is 6.07 Å². The molecule has 19 heavy (non-hydrogen) atoms. The Hall–Kier alpha value is -1.17. The number of ether oxygens (including phenoxy) is 1. The average Bonchev–Trinajstić information content (AvgIpc) is 2.86. The van der Waals surface area contributed by atoms with Crippen molar-refractivity contribution in [2.45, 2.75) is 13.5 Å². The van der Waals surface area contributed by atoms with Gasteiger partial charge in [0.25, 0.3) is 0 Å². The summed E-state index contributed by atoms with van der Waals surface area (Å²) in [6, 6.07) is 6.15. The van der Waals surface area contributed by atoms with E-state index in [2.05, 4.69) is 45.3 Å². The quantitative estimate of drug-likeness (QED) is 0.829. The van der Waals surface area contributed by atoms with Gasteiger partial charge in [0.2, 0.25) is 5.89 Å². The standard InChI is InChI=1S/C14H17BrN2O2/c1-10-3-4-12(15)11(7-10)13-8-17-14(19-13)9-16-5-6-18-2/h3-4,7-8,16H,5-6,9H2,1-2H3. The second-order valence-electron chi connectivity index (χ2n) is 4.27. The number of aromatic nitrogens is 1. The van der Waals surface area contributed by atoms with Gasteiger partial charge in [0, 0.05) is 23.7 Å². The lowest BCUT2D eigenvalue weighted by molar-refractivity contribution is 0.198. The van der Waals surface area contributed by atoms with Gasteiger partial charge in [-0.3, -0.25) is 0 Å². The molecule has 1 N–H and O–H groups in total. The van der Waals surface area contributed by atoms with Crippen LogP contribution in [0.4, 0.5) is 0 Å². The summed E-state index contributed by atoms with van der Waals surface area (Å²) >= 11 is 3.53. The van der Waals surface area contributed by atoms with E-state index in [0.29, 0.717) is 19.0 Å². The third-order valence-corrected chi connectivity index (χ3v) is 3.39. The number of aryl methyl sites for hydroxylation is 1. The molecule has 0 atom stereocenters. The Balaban J connectivity index is 2.06. The highest BCUT2D eigenvalue weighted by molar-refractivity contribution is 9.10. The summed E-state index contributed by atoms with van der Waals surface area (Å²) < 4.78 is 11.7. The lowest BCUT2D eigenvalue weighted by Crippen LogP contribution is -2.18. The number of nitrogens with zero attached hydrogens (tertiary/aromatic N) is 1. The first-order valence-electron chi connectivity index (χ1n) is 6.11. The maximum Gasteiger partial charge on any atom is 0.208 e. The fraction of sp³-hybridized carbons (Fsp3) is 0.357. The topological polar surface area (TPSA) is 47.3 Å². The van der Waals surface area contributed by atoms with Crippen molar-refractivity contribution in [1.29, 1.82) is 0 Å². The van der Waals surface area contributed by atoms with E-state index in [9.17, 15) is 0 Å². The van der Waals surface area contributed by atoms with Gasteiger partial charge < -0.3 is 14.5 Å². The smallest absolute Gasteiger partial charge is 0.208 e. The molecular formula is C14H17BrN2O2. The van der Waals surface area contributed by atoms with Gasteiger partial charge >= 0.3 is 0 Å². The molecule has 102 valence electrons. The second-order valence-corrected chi connectivity index (χ2v) is 5.13. The lowest BCUT2D eigenvalue weighted by Gasteiger charge is -2.02. The van der Waals surface area contributed by atoms with E-state index >= 15 is 0 Å². The molecule has 2 rings (SSSR count). The predicted octanol–water partition coefficient (Wildman–Crippen LogP) is 3.15. The van der Waals surface area contributed by atoms with E-state index in [1.165, 1.54) is 5.56 Å². The molecule has 0 saturated carbocycles. The van der Waals surface area contributed by atoms with Crippen LogP contribution in [0.1, 0.15) is 11.5 Å². The molecular weight excluding hydrogens is 308 g/mol. The van der Waals surface area contributed by atoms with Crippen LogP contribution in [-0.4, -0.2) is 25.2 Å². The Morgan fingerprint density at radius 3 is 3.05 bits per heavy atom.